The molecule has 0 radical (unpaired) electrons. The minimum absolute atomic E-state index is 0.142. The number of hydrogen-bond donors (Lipinski definition) is 4. The van der Waals surface area contributed by atoms with Crippen molar-refractivity contribution in [3.8, 4) is 0 Å². The Bertz CT molecular complexity index is 1190. The summed E-state index contributed by atoms with van der Waals surface area (Å²) in [4.78, 5) is 56.4. The minimum Gasteiger partial charge on any atom is -0.361 e. The lowest BCUT2D eigenvalue weighted by atomic mass is 9.93. The number of aromatic amines is 1. The lowest BCUT2D eigenvalue weighted by molar-refractivity contribution is -0.134. The predicted molar refractivity (Wildman–Crippen MR) is 160 cm³/mol. The summed E-state index contributed by atoms with van der Waals surface area (Å²) in [6.45, 7) is 10.2. The molecule has 0 bridgehead atoms. The molecular weight excluding hydrogens is 520 g/mol. The van der Waals surface area contributed by atoms with E-state index in [9.17, 15) is 19.2 Å². The van der Waals surface area contributed by atoms with Crippen LogP contribution < -0.4 is 16.0 Å². The lowest BCUT2D eigenvalue weighted by Crippen LogP contribution is -2.57. The second kappa shape index (κ2) is 15.1. The van der Waals surface area contributed by atoms with Crippen LogP contribution in [0.25, 0.3) is 10.9 Å². The van der Waals surface area contributed by atoms with Crippen molar-refractivity contribution in [2.75, 3.05) is 6.61 Å². The van der Waals surface area contributed by atoms with E-state index >= 15 is 0 Å². The number of ether oxygens (including phenoxy) is 1. The smallest absolute Gasteiger partial charge is 0.243 e. The number of fused-ring (bicyclic) bond motifs is 1. The van der Waals surface area contributed by atoms with Crippen molar-refractivity contribution in [1.82, 2.24) is 20.9 Å². The third-order valence-electron chi connectivity index (χ3n) is 7.68. The third kappa shape index (κ3) is 9.42. The number of Topliss-reactive ketones (excluding diaryl/α,β-unsaturated/α-hetero) is 1. The van der Waals surface area contributed by atoms with Gasteiger partial charge in [0.15, 0.2) is 5.78 Å². The second-order valence-corrected chi connectivity index (χ2v) is 11.9. The average Bonchev–Trinajstić information content (AvgIpc) is 3.57. The summed E-state index contributed by atoms with van der Waals surface area (Å²) in [5.41, 5.74) is 0.997. The minimum atomic E-state index is -0.860. The molecule has 2 aromatic rings. The highest BCUT2D eigenvalue weighted by atomic mass is 16.6. The van der Waals surface area contributed by atoms with Gasteiger partial charge in [0.05, 0.1) is 12.6 Å². The normalized spacial score (nSPS) is 18.5. The molecule has 2 heterocycles. The van der Waals surface area contributed by atoms with E-state index < -0.39 is 35.5 Å². The first kappa shape index (κ1) is 32.3. The molecule has 0 aliphatic carbocycles. The highest BCUT2D eigenvalue weighted by Crippen LogP contribution is 2.29. The fourth-order valence-electron chi connectivity index (χ4n) is 5.08. The summed E-state index contributed by atoms with van der Waals surface area (Å²) in [5.74, 6) is -0.960. The summed E-state index contributed by atoms with van der Waals surface area (Å²) < 4.78 is 5.36. The van der Waals surface area contributed by atoms with Gasteiger partial charge in [-0.1, -0.05) is 71.6 Å². The molecular formula is C32H48N4O5. The van der Waals surface area contributed by atoms with Crippen LogP contribution in [-0.2, 0) is 30.3 Å². The number of epoxide rings is 1. The van der Waals surface area contributed by atoms with E-state index in [0.717, 1.165) is 48.6 Å². The van der Waals surface area contributed by atoms with Crippen molar-refractivity contribution in [2.24, 2.45) is 5.92 Å². The topological polar surface area (TPSA) is 133 Å². The Labute approximate surface area is 243 Å². The molecule has 41 heavy (non-hydrogen) atoms. The van der Waals surface area contributed by atoms with Gasteiger partial charge in [0.2, 0.25) is 17.7 Å². The highest BCUT2D eigenvalue weighted by Gasteiger charge is 2.50. The number of nitrogens with one attached hydrogen (secondary N) is 4. The molecule has 3 rings (SSSR count). The number of benzene rings is 1. The third-order valence-corrected chi connectivity index (χ3v) is 7.68. The molecule has 0 saturated carbocycles. The van der Waals surface area contributed by atoms with Crippen LogP contribution in [-0.4, -0.2) is 58.8 Å². The molecule has 1 saturated heterocycles. The second-order valence-electron chi connectivity index (χ2n) is 11.9. The fourth-order valence-corrected chi connectivity index (χ4v) is 5.08. The Balaban J connectivity index is 1.78. The molecule has 226 valence electrons. The zero-order valence-corrected chi connectivity index (χ0v) is 25.3. The van der Waals surface area contributed by atoms with Crippen LogP contribution >= 0.6 is 0 Å². The Kier molecular flexibility index (Phi) is 11.9. The van der Waals surface area contributed by atoms with Crippen LogP contribution in [0.3, 0.4) is 0 Å². The number of amides is 3. The maximum Gasteiger partial charge on any atom is 0.243 e. The zero-order chi connectivity index (χ0) is 30.0. The Morgan fingerprint density at radius 1 is 0.927 bits per heavy atom. The number of H-pyrrole nitrogens is 1. The molecule has 3 amide bonds. The molecule has 4 N–H and O–H groups in total. The van der Waals surface area contributed by atoms with Crippen molar-refractivity contribution in [1.29, 1.82) is 0 Å². The SMILES string of the molecule is CCCCCC(=O)N[C@H](Cc1c[nH]c2ccccc12)C(=O)N[C@@H](CCCC)C(=O)N[C@@H](CC(C)C)C(=O)[C@@]1(C)CO1. The average molecular weight is 569 g/mol. The zero-order valence-electron chi connectivity index (χ0n) is 25.3. The van der Waals surface area contributed by atoms with Crippen LogP contribution in [0.5, 0.6) is 0 Å². The van der Waals surface area contributed by atoms with E-state index in [4.69, 9.17) is 4.74 Å². The molecule has 1 aromatic carbocycles. The number of carbonyl (C=O) groups excluding carboxylic acids is 4. The summed E-state index contributed by atoms with van der Waals surface area (Å²) in [6, 6.07) is 5.43. The van der Waals surface area contributed by atoms with Crippen LogP contribution in [0.2, 0.25) is 0 Å². The maximum atomic E-state index is 13.7. The molecule has 0 spiro atoms. The first-order valence-corrected chi connectivity index (χ1v) is 15.2. The van der Waals surface area contributed by atoms with Gasteiger partial charge in [-0.3, -0.25) is 19.2 Å². The van der Waals surface area contributed by atoms with Crippen LogP contribution in [0.1, 0.15) is 91.5 Å². The number of unbranched alkanes of at least 4 members (excludes halogenated alkanes) is 3. The van der Waals surface area contributed by atoms with E-state index in [0.29, 0.717) is 25.9 Å². The van der Waals surface area contributed by atoms with Crippen LogP contribution in [0.15, 0.2) is 30.5 Å². The van der Waals surface area contributed by atoms with Gasteiger partial charge in [-0.2, -0.15) is 0 Å². The van der Waals surface area contributed by atoms with Gasteiger partial charge in [0.25, 0.3) is 0 Å². The maximum absolute atomic E-state index is 13.7. The van der Waals surface area contributed by atoms with Crippen molar-refractivity contribution in [3.63, 3.8) is 0 Å². The van der Waals surface area contributed by atoms with Crippen molar-refractivity contribution >= 4 is 34.4 Å². The van der Waals surface area contributed by atoms with Gasteiger partial charge in [0.1, 0.15) is 17.7 Å². The van der Waals surface area contributed by atoms with Crippen LogP contribution in [0.4, 0.5) is 0 Å². The largest absolute Gasteiger partial charge is 0.361 e. The molecule has 4 atom stereocenters. The first-order valence-electron chi connectivity index (χ1n) is 15.2. The number of rotatable bonds is 18. The highest BCUT2D eigenvalue weighted by molar-refractivity contribution is 5.98. The Morgan fingerprint density at radius 3 is 2.24 bits per heavy atom. The van der Waals surface area contributed by atoms with Crippen LogP contribution in [0, 0.1) is 5.92 Å². The van der Waals surface area contributed by atoms with Gasteiger partial charge in [0, 0.05) is 29.9 Å². The standard InChI is InChI=1S/C32H48N4O5/c1-6-8-10-16-28(37)34-27(18-22-19-33-24-15-12-11-13-23(22)24)31(40)35-25(14-9-7-2)30(39)36-26(17-21(3)4)29(38)32(5)20-41-32/h11-13,15,19,21,25-27,33H,6-10,14,16-18,20H2,1-5H3,(H,34,37)(H,35,40)(H,36,39)/t25-,26-,27+,32+/m0/s1. The van der Waals surface area contributed by atoms with Crippen molar-refractivity contribution in [3.05, 3.63) is 36.0 Å². The molecule has 1 aliphatic rings. The summed E-state index contributed by atoms with van der Waals surface area (Å²) >= 11 is 0. The van der Waals surface area contributed by atoms with E-state index in [1.807, 2.05) is 51.2 Å². The van der Waals surface area contributed by atoms with Gasteiger partial charge in [-0.05, 0) is 43.7 Å². The van der Waals surface area contributed by atoms with E-state index in [1.165, 1.54) is 0 Å². The molecule has 1 aromatic heterocycles. The number of aromatic nitrogens is 1. The van der Waals surface area contributed by atoms with Gasteiger partial charge in [-0.15, -0.1) is 0 Å². The predicted octanol–water partition coefficient (Wildman–Crippen LogP) is 4.34. The number of para-hydroxylation sites is 1. The lowest BCUT2D eigenvalue weighted by Gasteiger charge is -2.26. The molecule has 9 heteroatoms. The number of ketones is 1. The van der Waals surface area contributed by atoms with Crippen molar-refractivity contribution < 1.29 is 23.9 Å². The Hall–Kier alpha value is -3.20. The van der Waals surface area contributed by atoms with Gasteiger partial charge < -0.3 is 25.7 Å². The fraction of sp³-hybridized carbons (Fsp3) is 0.625. The quantitative estimate of drug-likeness (QED) is 0.157. The summed E-state index contributed by atoms with van der Waals surface area (Å²) in [6.07, 6.45) is 7.62. The first-order chi connectivity index (χ1) is 19.6. The van der Waals surface area contributed by atoms with E-state index in [-0.39, 0.29) is 24.0 Å². The molecule has 9 nitrogen and oxygen atoms in total. The number of hydrogen-bond acceptors (Lipinski definition) is 5. The molecule has 1 aliphatic heterocycles. The summed E-state index contributed by atoms with van der Waals surface area (Å²) in [7, 11) is 0. The van der Waals surface area contributed by atoms with E-state index in [1.54, 1.807) is 6.92 Å². The van der Waals surface area contributed by atoms with Crippen molar-refractivity contribution in [2.45, 2.75) is 116 Å². The summed E-state index contributed by atoms with van der Waals surface area (Å²) in [5, 5.41) is 9.74. The molecule has 0 unspecified atom stereocenters. The van der Waals surface area contributed by atoms with Gasteiger partial charge >= 0.3 is 0 Å². The molecule has 1 fully saturated rings. The monoisotopic (exact) mass is 568 g/mol. The van der Waals surface area contributed by atoms with E-state index in [2.05, 4.69) is 27.9 Å². The Morgan fingerprint density at radius 2 is 1.59 bits per heavy atom. The van der Waals surface area contributed by atoms with Gasteiger partial charge in [-0.25, -0.2) is 0 Å². The number of carbonyl (C=O) groups is 4.